The molecule has 0 aromatic heterocycles. The molecule has 0 unspecified atom stereocenters. The molecule has 0 saturated carbocycles. The molecule has 0 radical (unpaired) electrons. The summed E-state index contributed by atoms with van der Waals surface area (Å²) in [7, 11) is 0. The quantitative estimate of drug-likeness (QED) is 0.830. The average molecular weight is 326 g/mol. The van der Waals surface area contributed by atoms with E-state index in [1.54, 1.807) is 56.3 Å². The molecule has 0 bridgehead atoms. The lowest BCUT2D eigenvalue weighted by Gasteiger charge is -2.13. The van der Waals surface area contributed by atoms with E-state index in [0.29, 0.717) is 5.56 Å². The van der Waals surface area contributed by atoms with Gasteiger partial charge in [0.2, 0.25) is 0 Å². The number of nitrogens with one attached hydrogen (secondary N) is 2. The number of halogens is 1. The molecule has 2 aromatic carbocycles. The zero-order valence-corrected chi connectivity index (χ0v) is 13.5. The fourth-order valence-corrected chi connectivity index (χ4v) is 2.03. The summed E-state index contributed by atoms with van der Waals surface area (Å²) >= 11 is 0. The average Bonchev–Trinajstić information content (AvgIpc) is 2.56. The Labute approximate surface area is 140 Å². The Hall–Kier alpha value is -2.95. The van der Waals surface area contributed by atoms with Crippen LogP contribution in [0.25, 0.3) is 6.08 Å². The first-order valence-corrected chi connectivity index (χ1v) is 7.61. The highest BCUT2D eigenvalue weighted by molar-refractivity contribution is 6.05. The van der Waals surface area contributed by atoms with E-state index in [1.165, 1.54) is 18.2 Å². The van der Waals surface area contributed by atoms with Crippen molar-refractivity contribution in [2.24, 2.45) is 0 Å². The van der Waals surface area contributed by atoms with Crippen molar-refractivity contribution in [2.45, 2.75) is 19.9 Å². The van der Waals surface area contributed by atoms with Gasteiger partial charge in [0.05, 0.1) is 0 Å². The first-order valence-electron chi connectivity index (χ1n) is 7.61. The molecule has 2 rings (SSSR count). The second-order valence-electron chi connectivity index (χ2n) is 5.53. The van der Waals surface area contributed by atoms with Gasteiger partial charge >= 0.3 is 0 Å². The van der Waals surface area contributed by atoms with Gasteiger partial charge in [-0.05, 0) is 38.1 Å². The topological polar surface area (TPSA) is 58.2 Å². The van der Waals surface area contributed by atoms with Crippen molar-refractivity contribution in [3.63, 3.8) is 0 Å². The van der Waals surface area contributed by atoms with Crippen molar-refractivity contribution in [3.05, 3.63) is 77.2 Å². The fraction of sp³-hybridized carbons (Fsp3) is 0.158. The van der Waals surface area contributed by atoms with Crippen LogP contribution in [0.15, 0.2) is 60.3 Å². The highest BCUT2D eigenvalue weighted by Gasteiger charge is 2.15. The zero-order valence-electron chi connectivity index (χ0n) is 13.5. The molecule has 0 aliphatic heterocycles. The molecule has 2 aromatic rings. The Morgan fingerprint density at radius 2 is 1.62 bits per heavy atom. The Bertz CT molecular complexity index is 755. The van der Waals surface area contributed by atoms with Crippen LogP contribution in [0.3, 0.4) is 0 Å². The fourth-order valence-electron chi connectivity index (χ4n) is 2.03. The minimum atomic E-state index is -0.475. The Kier molecular flexibility index (Phi) is 5.84. The van der Waals surface area contributed by atoms with E-state index in [2.05, 4.69) is 10.6 Å². The summed E-state index contributed by atoms with van der Waals surface area (Å²) in [4.78, 5) is 24.6. The molecular formula is C19H19FN2O2. The van der Waals surface area contributed by atoms with Crippen LogP contribution in [0, 0.1) is 5.82 Å². The first kappa shape index (κ1) is 17.4. The number of hydrogen-bond donors (Lipinski definition) is 2. The Morgan fingerprint density at radius 3 is 2.25 bits per heavy atom. The maximum atomic E-state index is 13.8. The molecule has 2 amide bonds. The van der Waals surface area contributed by atoms with Gasteiger partial charge in [-0.3, -0.25) is 9.59 Å². The molecule has 2 N–H and O–H groups in total. The van der Waals surface area contributed by atoms with Crippen LogP contribution in [-0.4, -0.2) is 17.9 Å². The van der Waals surface area contributed by atoms with E-state index in [0.717, 1.165) is 0 Å². The third-order valence-electron chi connectivity index (χ3n) is 3.15. The van der Waals surface area contributed by atoms with Crippen molar-refractivity contribution in [3.8, 4) is 0 Å². The van der Waals surface area contributed by atoms with Gasteiger partial charge in [0.25, 0.3) is 11.8 Å². The molecule has 0 spiro atoms. The van der Waals surface area contributed by atoms with Crippen LogP contribution in [0.4, 0.5) is 4.39 Å². The molecule has 24 heavy (non-hydrogen) atoms. The van der Waals surface area contributed by atoms with Gasteiger partial charge in [0, 0.05) is 17.2 Å². The second kappa shape index (κ2) is 8.06. The molecule has 0 aliphatic carbocycles. The Morgan fingerprint density at radius 1 is 1.00 bits per heavy atom. The first-order chi connectivity index (χ1) is 11.5. The SMILES string of the molecule is CC(C)NC(=O)/C(=C/c1ccccc1F)NC(=O)c1ccccc1. The lowest BCUT2D eigenvalue weighted by molar-refractivity contribution is -0.118. The van der Waals surface area contributed by atoms with Crippen LogP contribution in [-0.2, 0) is 4.79 Å². The van der Waals surface area contributed by atoms with E-state index in [1.807, 2.05) is 0 Å². The van der Waals surface area contributed by atoms with Crippen LogP contribution in [0.1, 0.15) is 29.8 Å². The maximum absolute atomic E-state index is 13.8. The maximum Gasteiger partial charge on any atom is 0.268 e. The molecular weight excluding hydrogens is 307 g/mol. The molecule has 5 heteroatoms. The summed E-state index contributed by atoms with van der Waals surface area (Å²) in [5.74, 6) is -1.38. The molecule has 0 saturated heterocycles. The lowest BCUT2D eigenvalue weighted by Crippen LogP contribution is -2.38. The van der Waals surface area contributed by atoms with Gasteiger partial charge in [-0.2, -0.15) is 0 Å². The summed E-state index contributed by atoms with van der Waals surface area (Å²) < 4.78 is 13.8. The third-order valence-corrected chi connectivity index (χ3v) is 3.15. The summed E-state index contributed by atoms with van der Waals surface area (Å²) in [5.41, 5.74) is 0.622. The van der Waals surface area contributed by atoms with Crippen molar-refractivity contribution in [1.82, 2.24) is 10.6 Å². The molecule has 0 heterocycles. The predicted molar refractivity (Wildman–Crippen MR) is 91.6 cm³/mol. The predicted octanol–water partition coefficient (Wildman–Crippen LogP) is 3.12. The van der Waals surface area contributed by atoms with E-state index in [-0.39, 0.29) is 17.3 Å². The van der Waals surface area contributed by atoms with Gasteiger partial charge in [-0.25, -0.2) is 4.39 Å². The van der Waals surface area contributed by atoms with Crippen molar-refractivity contribution < 1.29 is 14.0 Å². The molecule has 0 aliphatic rings. The number of carbonyl (C=O) groups is 2. The van der Waals surface area contributed by atoms with Crippen molar-refractivity contribution in [2.75, 3.05) is 0 Å². The highest BCUT2D eigenvalue weighted by atomic mass is 19.1. The number of rotatable bonds is 5. The van der Waals surface area contributed by atoms with Crippen molar-refractivity contribution >= 4 is 17.9 Å². The summed E-state index contributed by atoms with van der Waals surface area (Å²) in [5, 5.41) is 5.25. The van der Waals surface area contributed by atoms with Crippen LogP contribution in [0.2, 0.25) is 0 Å². The number of carbonyl (C=O) groups excluding carboxylic acids is 2. The van der Waals surface area contributed by atoms with E-state index < -0.39 is 17.6 Å². The number of hydrogen-bond acceptors (Lipinski definition) is 2. The lowest BCUT2D eigenvalue weighted by atomic mass is 10.1. The highest BCUT2D eigenvalue weighted by Crippen LogP contribution is 2.11. The monoisotopic (exact) mass is 326 g/mol. The van der Waals surface area contributed by atoms with E-state index >= 15 is 0 Å². The van der Waals surface area contributed by atoms with Gasteiger partial charge in [-0.1, -0.05) is 36.4 Å². The second-order valence-corrected chi connectivity index (χ2v) is 5.53. The van der Waals surface area contributed by atoms with Crippen LogP contribution in [0.5, 0.6) is 0 Å². The van der Waals surface area contributed by atoms with Gasteiger partial charge in [0.15, 0.2) is 0 Å². The van der Waals surface area contributed by atoms with Crippen LogP contribution >= 0.6 is 0 Å². The molecule has 4 nitrogen and oxygen atoms in total. The number of amides is 2. The summed E-state index contributed by atoms with van der Waals surface area (Å²) in [6.07, 6.45) is 1.33. The summed E-state index contributed by atoms with van der Waals surface area (Å²) in [6, 6.07) is 14.4. The minimum Gasteiger partial charge on any atom is -0.349 e. The molecule has 0 fully saturated rings. The minimum absolute atomic E-state index is 0.0114. The molecule has 124 valence electrons. The van der Waals surface area contributed by atoms with Gasteiger partial charge < -0.3 is 10.6 Å². The van der Waals surface area contributed by atoms with Crippen molar-refractivity contribution in [1.29, 1.82) is 0 Å². The zero-order chi connectivity index (χ0) is 17.5. The molecule has 0 atom stereocenters. The number of benzene rings is 2. The van der Waals surface area contributed by atoms with Gasteiger partial charge in [0.1, 0.15) is 11.5 Å². The van der Waals surface area contributed by atoms with Gasteiger partial charge in [-0.15, -0.1) is 0 Å². The standard InChI is InChI=1S/C19H19FN2O2/c1-13(2)21-19(24)17(12-15-10-6-7-11-16(15)20)22-18(23)14-8-4-3-5-9-14/h3-13H,1-2H3,(H,21,24)(H,22,23)/b17-12-. The van der Waals surface area contributed by atoms with E-state index in [4.69, 9.17) is 0 Å². The summed E-state index contributed by atoms with van der Waals surface area (Å²) in [6.45, 7) is 3.61. The van der Waals surface area contributed by atoms with E-state index in [9.17, 15) is 14.0 Å². The largest absolute Gasteiger partial charge is 0.349 e. The van der Waals surface area contributed by atoms with Crippen LogP contribution < -0.4 is 10.6 Å². The Balaban J connectivity index is 2.31. The normalized spacial score (nSPS) is 11.2. The third kappa shape index (κ3) is 4.78. The smallest absolute Gasteiger partial charge is 0.268 e.